The molecule has 3 atom stereocenters. The van der Waals surface area contributed by atoms with Gasteiger partial charge >= 0.3 is 12.0 Å². The summed E-state index contributed by atoms with van der Waals surface area (Å²) < 4.78 is 21.7. The molecule has 0 radical (unpaired) electrons. The van der Waals surface area contributed by atoms with E-state index < -0.39 is 42.2 Å². The number of hydrogen-bond acceptors (Lipinski definition) is 9. The van der Waals surface area contributed by atoms with Gasteiger partial charge in [-0.1, -0.05) is 30.3 Å². The summed E-state index contributed by atoms with van der Waals surface area (Å²) in [5.41, 5.74) is 3.65. The van der Waals surface area contributed by atoms with Gasteiger partial charge in [0, 0.05) is 18.5 Å². The number of carbonyl (C=O) groups is 5. The first-order chi connectivity index (χ1) is 20.4. The van der Waals surface area contributed by atoms with E-state index >= 15 is 0 Å². The highest BCUT2D eigenvalue weighted by Crippen LogP contribution is 2.32. The van der Waals surface area contributed by atoms with Crippen LogP contribution in [-0.2, 0) is 30.5 Å². The zero-order valence-corrected chi connectivity index (χ0v) is 22.5. The average molecular weight is 580 g/mol. The summed E-state index contributed by atoms with van der Waals surface area (Å²) in [4.78, 5) is 65.4. The molecule has 0 spiro atoms. The summed E-state index contributed by atoms with van der Waals surface area (Å²) in [5, 5.41) is 6.16. The van der Waals surface area contributed by atoms with E-state index in [1.54, 1.807) is 6.07 Å². The molecule has 0 saturated carbocycles. The molecule has 3 unspecified atom stereocenters. The summed E-state index contributed by atoms with van der Waals surface area (Å²) in [5.74, 6) is -1.14. The van der Waals surface area contributed by atoms with Crippen LogP contribution in [-0.4, -0.2) is 83.0 Å². The highest BCUT2D eigenvalue weighted by Gasteiger charge is 2.46. The van der Waals surface area contributed by atoms with Crippen LogP contribution in [0.4, 0.5) is 4.79 Å². The monoisotopic (exact) mass is 579 g/mol. The lowest BCUT2D eigenvalue weighted by Crippen LogP contribution is -2.65. The Bertz CT molecular complexity index is 1400. The number of nitrogens with one attached hydrogen (secondary N) is 2. The molecule has 3 fully saturated rings. The van der Waals surface area contributed by atoms with E-state index in [-0.39, 0.29) is 57.2 Å². The summed E-state index contributed by atoms with van der Waals surface area (Å²) >= 11 is 0. The van der Waals surface area contributed by atoms with Crippen LogP contribution in [0.2, 0.25) is 0 Å². The molecule has 14 heteroatoms. The molecule has 5 amide bonds. The molecule has 4 aliphatic heterocycles. The number of nitrogens with zero attached hydrogens (tertiary/aromatic N) is 3. The predicted octanol–water partition coefficient (Wildman–Crippen LogP) is 1.07. The Labute approximate surface area is 240 Å². The van der Waals surface area contributed by atoms with E-state index in [4.69, 9.17) is 18.9 Å². The number of benzene rings is 2. The Hall–Kier alpha value is -4.85. The first-order valence-electron chi connectivity index (χ1n) is 13.6. The molecule has 42 heavy (non-hydrogen) atoms. The Morgan fingerprint density at radius 1 is 1.00 bits per heavy atom. The fourth-order valence-electron chi connectivity index (χ4n) is 5.28. The number of hydrogen-bond donors (Lipinski definition) is 2. The summed E-state index contributed by atoms with van der Waals surface area (Å²) in [6, 6.07) is 11.3. The van der Waals surface area contributed by atoms with Crippen molar-refractivity contribution >= 4 is 29.7 Å². The van der Waals surface area contributed by atoms with Gasteiger partial charge in [0.15, 0.2) is 11.5 Å². The molecular weight excluding hydrogens is 550 g/mol. The maximum absolute atomic E-state index is 13.7. The largest absolute Gasteiger partial charge is 0.454 e. The van der Waals surface area contributed by atoms with Crippen LogP contribution in [0.15, 0.2) is 48.5 Å². The standard InChI is InChI=1S/C28H29N5O9/c34-23-10-12-31(30-25(36)18-8-9-21-22(13-18)41-16-40-21)28(38)33-20(7-4-11-32(23)33)26(37)29-19-14-24(35)42-27(19)39-15-17-5-2-1-3-6-17/h1-3,5-6,8-9,13,19-20,27H,4,7,10-12,14-16H2,(H,29,37)(H,30,36). The van der Waals surface area contributed by atoms with E-state index in [9.17, 15) is 24.0 Å². The van der Waals surface area contributed by atoms with Gasteiger partial charge in [-0.05, 0) is 36.6 Å². The van der Waals surface area contributed by atoms with Crippen LogP contribution in [0, 0.1) is 0 Å². The molecular formula is C28H29N5O9. The molecule has 220 valence electrons. The van der Waals surface area contributed by atoms with Gasteiger partial charge in [-0.3, -0.25) is 24.6 Å². The van der Waals surface area contributed by atoms with Crippen LogP contribution in [0.5, 0.6) is 11.5 Å². The van der Waals surface area contributed by atoms with Crippen molar-refractivity contribution < 1.29 is 42.9 Å². The van der Waals surface area contributed by atoms with Crippen LogP contribution >= 0.6 is 0 Å². The molecule has 0 aromatic heterocycles. The van der Waals surface area contributed by atoms with Gasteiger partial charge in [0.1, 0.15) is 12.1 Å². The Balaban J connectivity index is 1.15. The Morgan fingerprint density at radius 3 is 2.64 bits per heavy atom. The number of carbonyl (C=O) groups excluding carboxylic acids is 5. The minimum absolute atomic E-state index is 0.0441. The van der Waals surface area contributed by atoms with Crippen molar-refractivity contribution in [1.82, 2.24) is 25.8 Å². The third-order valence-corrected chi connectivity index (χ3v) is 7.39. The first-order valence-corrected chi connectivity index (χ1v) is 13.6. The quantitative estimate of drug-likeness (QED) is 0.458. The Kier molecular flexibility index (Phi) is 7.52. The van der Waals surface area contributed by atoms with E-state index in [0.717, 1.165) is 15.6 Å². The van der Waals surface area contributed by atoms with E-state index in [1.807, 2.05) is 30.3 Å². The molecule has 2 N–H and O–H groups in total. The van der Waals surface area contributed by atoms with Gasteiger partial charge in [-0.15, -0.1) is 0 Å². The molecule has 4 aliphatic rings. The lowest BCUT2D eigenvalue weighted by molar-refractivity contribution is -0.169. The van der Waals surface area contributed by atoms with E-state index in [1.165, 1.54) is 17.1 Å². The van der Waals surface area contributed by atoms with Crippen molar-refractivity contribution in [2.45, 2.75) is 50.7 Å². The zero-order valence-electron chi connectivity index (χ0n) is 22.5. The Morgan fingerprint density at radius 2 is 1.81 bits per heavy atom. The molecule has 3 saturated heterocycles. The van der Waals surface area contributed by atoms with Gasteiger partial charge in [-0.25, -0.2) is 19.8 Å². The number of esters is 1. The van der Waals surface area contributed by atoms with Crippen molar-refractivity contribution in [3.63, 3.8) is 0 Å². The molecule has 2 aromatic rings. The highest BCUT2D eigenvalue weighted by atomic mass is 16.7. The zero-order chi connectivity index (χ0) is 29.2. The van der Waals surface area contributed by atoms with Gasteiger partial charge in [0.2, 0.25) is 24.9 Å². The number of rotatable bonds is 7. The molecule has 14 nitrogen and oxygen atoms in total. The number of ether oxygens (including phenoxy) is 4. The maximum atomic E-state index is 13.7. The van der Waals surface area contributed by atoms with Crippen LogP contribution in [0.1, 0.15) is 41.6 Å². The van der Waals surface area contributed by atoms with Gasteiger partial charge in [0.05, 0.1) is 19.6 Å². The van der Waals surface area contributed by atoms with Crippen molar-refractivity contribution in [2.75, 3.05) is 19.9 Å². The lowest BCUT2D eigenvalue weighted by atomic mass is 10.1. The van der Waals surface area contributed by atoms with Crippen molar-refractivity contribution in [3.8, 4) is 11.5 Å². The minimum atomic E-state index is -1.07. The van der Waals surface area contributed by atoms with Crippen molar-refractivity contribution in [1.29, 1.82) is 0 Å². The van der Waals surface area contributed by atoms with Gasteiger partial charge < -0.3 is 24.3 Å². The second-order valence-electron chi connectivity index (χ2n) is 10.2. The lowest BCUT2D eigenvalue weighted by Gasteiger charge is -2.43. The number of amides is 5. The fraction of sp³-hybridized carbons (Fsp3) is 0.393. The maximum Gasteiger partial charge on any atom is 0.358 e. The molecule has 2 aromatic carbocycles. The second-order valence-corrected chi connectivity index (χ2v) is 10.2. The third kappa shape index (κ3) is 5.52. The number of hydrazine groups is 2. The predicted molar refractivity (Wildman–Crippen MR) is 141 cm³/mol. The van der Waals surface area contributed by atoms with Gasteiger partial charge in [0.25, 0.3) is 5.91 Å². The SMILES string of the molecule is O=C1CC(NC(=O)C2CCCN3C(=O)CCN(NC(=O)c4ccc5c(c4)OCO5)C(=O)N23)C(OCc2ccccc2)O1. The smallest absolute Gasteiger partial charge is 0.358 e. The molecule has 0 bridgehead atoms. The first kappa shape index (κ1) is 27.3. The summed E-state index contributed by atoms with van der Waals surface area (Å²) in [6.07, 6.45) is -0.432. The average Bonchev–Trinajstić information content (AvgIpc) is 3.59. The number of urea groups is 1. The highest BCUT2D eigenvalue weighted by molar-refractivity contribution is 5.97. The molecule has 6 rings (SSSR count). The van der Waals surface area contributed by atoms with E-state index in [0.29, 0.717) is 17.9 Å². The normalized spacial score (nSPS) is 23.3. The minimum Gasteiger partial charge on any atom is -0.454 e. The molecule has 4 heterocycles. The number of cyclic esters (lactones) is 1. The topological polar surface area (TPSA) is 156 Å². The second kappa shape index (κ2) is 11.6. The van der Waals surface area contributed by atoms with Crippen LogP contribution < -0.4 is 20.2 Å². The van der Waals surface area contributed by atoms with Crippen LogP contribution in [0.25, 0.3) is 0 Å². The van der Waals surface area contributed by atoms with Crippen molar-refractivity contribution in [2.24, 2.45) is 0 Å². The number of fused-ring (bicyclic) bond motifs is 2. The van der Waals surface area contributed by atoms with Crippen molar-refractivity contribution in [3.05, 3.63) is 59.7 Å². The van der Waals surface area contributed by atoms with Crippen LogP contribution in [0.3, 0.4) is 0 Å². The third-order valence-electron chi connectivity index (χ3n) is 7.39. The van der Waals surface area contributed by atoms with Gasteiger partial charge in [-0.2, -0.15) is 0 Å². The fourth-order valence-corrected chi connectivity index (χ4v) is 5.28. The summed E-state index contributed by atoms with van der Waals surface area (Å²) in [6.45, 7) is 0.365. The summed E-state index contributed by atoms with van der Waals surface area (Å²) in [7, 11) is 0. The molecule has 0 aliphatic carbocycles. The van der Waals surface area contributed by atoms with E-state index in [2.05, 4.69) is 10.7 Å².